The first-order valence-corrected chi connectivity index (χ1v) is 14.2. The Balaban J connectivity index is 1.35. The quantitative estimate of drug-likeness (QED) is 0.260. The number of carbonyl (C=O) groups is 1. The third-order valence-electron chi connectivity index (χ3n) is 7.33. The number of carboxylic acid groups (broad SMARTS) is 1. The zero-order chi connectivity index (χ0) is 26.2. The van der Waals surface area contributed by atoms with E-state index in [1.54, 1.807) is 25.1 Å². The van der Waals surface area contributed by atoms with Crippen molar-refractivity contribution < 1.29 is 19.7 Å². The number of likely N-dealkylation sites (tertiary alicyclic amines) is 1. The van der Waals surface area contributed by atoms with Crippen LogP contribution in [0.3, 0.4) is 0 Å². The molecular weight excluding hydrogens is 508 g/mol. The molecular formula is C29H35ClN2O4S. The molecule has 0 aliphatic carbocycles. The van der Waals surface area contributed by atoms with Crippen LogP contribution in [-0.2, 0) is 4.79 Å². The average molecular weight is 543 g/mol. The molecule has 3 atom stereocenters. The molecule has 1 aliphatic heterocycles. The fourth-order valence-corrected chi connectivity index (χ4v) is 6.54. The van der Waals surface area contributed by atoms with Gasteiger partial charge in [0.2, 0.25) is 0 Å². The van der Waals surface area contributed by atoms with Gasteiger partial charge in [0.05, 0.1) is 18.7 Å². The van der Waals surface area contributed by atoms with Crippen molar-refractivity contribution in [1.29, 1.82) is 0 Å². The Labute approximate surface area is 228 Å². The van der Waals surface area contributed by atoms with Crippen LogP contribution in [0.25, 0.3) is 10.9 Å². The minimum Gasteiger partial charge on any atom is -0.497 e. The van der Waals surface area contributed by atoms with Crippen LogP contribution < -0.4 is 4.74 Å². The maximum Gasteiger partial charge on any atom is 0.303 e. The number of aliphatic carboxylic acids is 1. The second-order valence-electron chi connectivity index (χ2n) is 9.72. The van der Waals surface area contributed by atoms with Crippen molar-refractivity contribution in [3.8, 4) is 5.75 Å². The van der Waals surface area contributed by atoms with Gasteiger partial charge in [-0.05, 0) is 92.1 Å². The number of piperidine rings is 1. The largest absolute Gasteiger partial charge is 0.497 e. The summed E-state index contributed by atoms with van der Waals surface area (Å²) in [5.74, 6) is 1.66. The molecule has 2 aromatic carbocycles. The van der Waals surface area contributed by atoms with Crippen LogP contribution in [0.4, 0.5) is 0 Å². The molecule has 1 saturated heterocycles. The summed E-state index contributed by atoms with van der Waals surface area (Å²) in [4.78, 5) is 19.4. The lowest BCUT2D eigenvalue weighted by Crippen LogP contribution is -2.41. The molecule has 1 aliphatic rings. The van der Waals surface area contributed by atoms with E-state index in [4.69, 9.17) is 16.3 Å². The molecule has 4 rings (SSSR count). The van der Waals surface area contributed by atoms with E-state index in [1.165, 1.54) is 4.90 Å². The van der Waals surface area contributed by atoms with E-state index in [0.29, 0.717) is 24.7 Å². The molecule has 0 spiro atoms. The van der Waals surface area contributed by atoms with Gasteiger partial charge < -0.3 is 19.8 Å². The minimum absolute atomic E-state index is 0.184. The third-order valence-corrected chi connectivity index (χ3v) is 8.54. The van der Waals surface area contributed by atoms with Crippen LogP contribution in [-0.4, -0.2) is 58.6 Å². The van der Waals surface area contributed by atoms with Crippen LogP contribution in [0.15, 0.2) is 59.6 Å². The van der Waals surface area contributed by atoms with Crippen LogP contribution in [0.5, 0.6) is 5.75 Å². The number of fused-ring (bicyclic) bond motifs is 1. The maximum atomic E-state index is 11.3. The zero-order valence-corrected chi connectivity index (χ0v) is 22.8. The molecule has 0 bridgehead atoms. The number of hydrogen-bond donors (Lipinski definition) is 2. The molecule has 0 saturated carbocycles. The predicted octanol–water partition coefficient (Wildman–Crippen LogP) is 6.31. The fraction of sp³-hybridized carbons (Fsp3) is 0.448. The Bertz CT molecular complexity index is 1190. The topological polar surface area (TPSA) is 82.9 Å². The summed E-state index contributed by atoms with van der Waals surface area (Å²) in [5.41, 5.74) is 1.70. The van der Waals surface area contributed by atoms with E-state index in [-0.39, 0.29) is 6.42 Å². The Morgan fingerprint density at radius 3 is 2.86 bits per heavy atom. The highest BCUT2D eigenvalue weighted by atomic mass is 35.5. The summed E-state index contributed by atoms with van der Waals surface area (Å²) in [6, 6.07) is 15.5. The van der Waals surface area contributed by atoms with Gasteiger partial charge in [0.25, 0.3) is 0 Å². The van der Waals surface area contributed by atoms with Crippen LogP contribution >= 0.6 is 23.4 Å². The Morgan fingerprint density at radius 2 is 2.08 bits per heavy atom. The lowest BCUT2D eigenvalue weighted by molar-refractivity contribution is -0.137. The van der Waals surface area contributed by atoms with Gasteiger partial charge in [-0.2, -0.15) is 0 Å². The van der Waals surface area contributed by atoms with Crippen molar-refractivity contribution in [2.45, 2.75) is 43.1 Å². The van der Waals surface area contributed by atoms with Gasteiger partial charge in [0.15, 0.2) is 0 Å². The molecule has 1 unspecified atom stereocenters. The Morgan fingerprint density at radius 1 is 1.22 bits per heavy atom. The molecule has 6 nitrogen and oxygen atoms in total. The van der Waals surface area contributed by atoms with Crippen molar-refractivity contribution >= 4 is 40.2 Å². The second kappa shape index (κ2) is 13.5. The highest BCUT2D eigenvalue weighted by Gasteiger charge is 2.30. The van der Waals surface area contributed by atoms with E-state index in [0.717, 1.165) is 65.5 Å². The number of aromatic nitrogens is 1. The normalized spacial score (nSPS) is 19.1. The minimum atomic E-state index is -0.746. The first-order chi connectivity index (χ1) is 17.9. The molecule has 198 valence electrons. The van der Waals surface area contributed by atoms with E-state index < -0.39 is 12.1 Å². The number of hydrogen-bond acceptors (Lipinski definition) is 6. The van der Waals surface area contributed by atoms with E-state index in [1.807, 2.05) is 42.5 Å². The number of rotatable bonds is 12. The average Bonchev–Trinajstić information content (AvgIpc) is 2.90. The molecule has 1 aromatic heterocycles. The smallest absolute Gasteiger partial charge is 0.303 e. The molecule has 2 heterocycles. The fourth-order valence-electron chi connectivity index (χ4n) is 5.32. The Kier molecular flexibility index (Phi) is 10.1. The molecule has 3 aromatic rings. The van der Waals surface area contributed by atoms with E-state index in [2.05, 4.69) is 16.0 Å². The summed E-state index contributed by atoms with van der Waals surface area (Å²) in [6.07, 6.45) is 4.50. The van der Waals surface area contributed by atoms with E-state index >= 15 is 0 Å². The van der Waals surface area contributed by atoms with Gasteiger partial charge in [-0.25, -0.2) is 0 Å². The van der Waals surface area contributed by atoms with Crippen molar-refractivity contribution in [3.63, 3.8) is 0 Å². The number of methoxy groups -OCH3 is 1. The van der Waals surface area contributed by atoms with Crippen molar-refractivity contribution in [2.24, 2.45) is 11.8 Å². The number of aliphatic hydroxyl groups is 1. The standard InChI is InChI=1S/C29H35ClN2O4S/c1-36-23-7-8-27-26(18-23)25(11-13-31-27)28(33)9-5-20-12-14-32(19-21(20)6-10-29(34)35)15-16-37-24-4-2-3-22(30)17-24/h2-4,7-8,11,13,17-18,20-21,28,33H,5-6,9-10,12,14-16,19H2,1H3,(H,34,35)/t20-,21+,28?/m1/s1. The van der Waals surface area contributed by atoms with Gasteiger partial charge in [0.1, 0.15) is 5.75 Å². The SMILES string of the molecule is COc1ccc2nccc(C(O)CC[C@@H]3CCN(CCSc4cccc(Cl)c4)C[C@@H]3CCC(=O)O)c2c1. The van der Waals surface area contributed by atoms with Crippen molar-refractivity contribution in [1.82, 2.24) is 9.88 Å². The van der Waals surface area contributed by atoms with Crippen LogP contribution in [0.2, 0.25) is 5.02 Å². The number of halogens is 1. The number of benzene rings is 2. The summed E-state index contributed by atoms with van der Waals surface area (Å²) >= 11 is 7.90. The van der Waals surface area contributed by atoms with Gasteiger partial charge >= 0.3 is 5.97 Å². The summed E-state index contributed by atoms with van der Waals surface area (Å²) < 4.78 is 5.37. The van der Waals surface area contributed by atoms with Gasteiger partial charge in [-0.3, -0.25) is 9.78 Å². The first-order valence-electron chi connectivity index (χ1n) is 12.9. The van der Waals surface area contributed by atoms with Crippen molar-refractivity contribution in [3.05, 3.63) is 65.3 Å². The molecule has 8 heteroatoms. The number of nitrogens with zero attached hydrogens (tertiary/aromatic N) is 2. The highest BCUT2D eigenvalue weighted by Crippen LogP contribution is 2.35. The number of pyridine rings is 1. The molecule has 0 amide bonds. The summed E-state index contributed by atoms with van der Waals surface area (Å²) in [5, 5.41) is 22.1. The number of thioether (sulfide) groups is 1. The molecule has 0 radical (unpaired) electrons. The second-order valence-corrected chi connectivity index (χ2v) is 11.3. The van der Waals surface area contributed by atoms with Crippen molar-refractivity contribution in [2.75, 3.05) is 32.5 Å². The first kappa shape index (κ1) is 27.7. The monoisotopic (exact) mass is 542 g/mol. The summed E-state index contributed by atoms with van der Waals surface area (Å²) in [6.45, 7) is 2.86. The van der Waals surface area contributed by atoms with Gasteiger partial charge in [0, 0.05) is 46.8 Å². The lowest BCUT2D eigenvalue weighted by Gasteiger charge is -2.39. The van der Waals surface area contributed by atoms with Crippen LogP contribution in [0.1, 0.15) is 43.8 Å². The lowest BCUT2D eigenvalue weighted by atomic mass is 9.79. The predicted molar refractivity (Wildman–Crippen MR) is 150 cm³/mol. The maximum absolute atomic E-state index is 11.3. The molecule has 1 fully saturated rings. The summed E-state index contributed by atoms with van der Waals surface area (Å²) in [7, 11) is 1.63. The number of aliphatic hydroxyl groups excluding tert-OH is 1. The Hall–Kier alpha value is -2.32. The van der Waals surface area contributed by atoms with E-state index in [9.17, 15) is 15.0 Å². The number of ether oxygens (including phenoxy) is 1. The van der Waals surface area contributed by atoms with Gasteiger partial charge in [-0.15, -0.1) is 11.8 Å². The molecule has 37 heavy (non-hydrogen) atoms. The zero-order valence-electron chi connectivity index (χ0n) is 21.2. The number of carboxylic acids is 1. The third kappa shape index (κ3) is 7.84. The highest BCUT2D eigenvalue weighted by molar-refractivity contribution is 7.99. The van der Waals surface area contributed by atoms with Gasteiger partial charge in [-0.1, -0.05) is 17.7 Å². The van der Waals surface area contributed by atoms with Crippen LogP contribution in [0, 0.1) is 11.8 Å². The molecule has 2 N–H and O–H groups in total.